The molecule has 2 aromatic carbocycles. The summed E-state index contributed by atoms with van der Waals surface area (Å²) in [5.41, 5.74) is 1.19. The summed E-state index contributed by atoms with van der Waals surface area (Å²) in [6.45, 7) is 4.41. The molecule has 214 valence electrons. The second-order valence-electron chi connectivity index (χ2n) is 9.87. The number of carbonyl (C=O) groups is 2. The highest BCUT2D eigenvalue weighted by Gasteiger charge is 2.31. The summed E-state index contributed by atoms with van der Waals surface area (Å²) in [5, 5.41) is 3.66. The van der Waals surface area contributed by atoms with Gasteiger partial charge in [-0.2, -0.15) is 0 Å². The zero-order valence-corrected chi connectivity index (χ0v) is 24.6. The van der Waals surface area contributed by atoms with Gasteiger partial charge in [0.2, 0.25) is 21.8 Å². The van der Waals surface area contributed by atoms with E-state index in [9.17, 15) is 18.0 Å². The minimum absolute atomic E-state index is 0.0699. The Morgan fingerprint density at radius 2 is 1.74 bits per heavy atom. The predicted octanol–water partition coefficient (Wildman–Crippen LogP) is 5.15. The number of para-hydroxylation sites is 2. The van der Waals surface area contributed by atoms with Crippen LogP contribution in [0.15, 0.2) is 48.5 Å². The van der Waals surface area contributed by atoms with Gasteiger partial charge in [-0.1, -0.05) is 61.7 Å². The second-order valence-corrected chi connectivity index (χ2v) is 12.2. The van der Waals surface area contributed by atoms with Crippen LogP contribution in [0, 0.1) is 0 Å². The Balaban J connectivity index is 1.78. The van der Waals surface area contributed by atoms with E-state index in [1.54, 1.807) is 35.2 Å². The highest BCUT2D eigenvalue weighted by atomic mass is 35.5. The van der Waals surface area contributed by atoms with Crippen molar-refractivity contribution in [2.45, 2.75) is 77.4 Å². The van der Waals surface area contributed by atoms with Crippen molar-refractivity contribution in [1.29, 1.82) is 0 Å². The number of hydrogen-bond donors (Lipinski definition) is 1. The van der Waals surface area contributed by atoms with E-state index in [-0.39, 0.29) is 43.8 Å². The topological polar surface area (TPSA) is 96.0 Å². The first-order valence-electron chi connectivity index (χ1n) is 13.7. The van der Waals surface area contributed by atoms with Gasteiger partial charge in [0, 0.05) is 30.6 Å². The number of anilines is 1. The van der Waals surface area contributed by atoms with E-state index < -0.39 is 16.1 Å². The fourth-order valence-corrected chi connectivity index (χ4v) is 6.18. The molecule has 0 heterocycles. The molecule has 0 bridgehead atoms. The van der Waals surface area contributed by atoms with Crippen LogP contribution >= 0.6 is 11.6 Å². The third-order valence-electron chi connectivity index (χ3n) is 6.97. The molecule has 1 N–H and O–H groups in total. The van der Waals surface area contributed by atoms with E-state index in [1.807, 2.05) is 32.0 Å². The average molecular weight is 578 g/mol. The van der Waals surface area contributed by atoms with Crippen LogP contribution in [-0.2, 0) is 26.2 Å². The first kappa shape index (κ1) is 30.8. The summed E-state index contributed by atoms with van der Waals surface area (Å²) in [4.78, 5) is 28.5. The van der Waals surface area contributed by atoms with Crippen molar-refractivity contribution in [3.63, 3.8) is 0 Å². The molecule has 3 rings (SSSR count). The normalized spacial score (nSPS) is 14.6. The van der Waals surface area contributed by atoms with Gasteiger partial charge in [-0.25, -0.2) is 8.42 Å². The molecule has 8 nitrogen and oxygen atoms in total. The molecule has 0 aliphatic heterocycles. The number of hydrogen-bond acceptors (Lipinski definition) is 5. The van der Waals surface area contributed by atoms with Gasteiger partial charge in [-0.15, -0.1) is 0 Å². The summed E-state index contributed by atoms with van der Waals surface area (Å²) in [7, 11) is -3.63. The van der Waals surface area contributed by atoms with E-state index >= 15 is 0 Å². The Kier molecular flexibility index (Phi) is 11.5. The number of nitrogens with zero attached hydrogens (tertiary/aromatic N) is 2. The van der Waals surface area contributed by atoms with Crippen LogP contribution < -0.4 is 14.4 Å². The predicted molar refractivity (Wildman–Crippen MR) is 156 cm³/mol. The number of sulfonamides is 1. The van der Waals surface area contributed by atoms with Crippen LogP contribution in [0.3, 0.4) is 0 Å². The Labute approximate surface area is 237 Å². The number of benzene rings is 2. The minimum atomic E-state index is -3.63. The van der Waals surface area contributed by atoms with Gasteiger partial charge in [0.1, 0.15) is 11.8 Å². The standard InChI is InChI=1S/C29H40ClN3O5S/c1-4-25(29(35)31-23-14-7-8-15-23)32(21-22-13-6-9-16-24(22)30)28(34)19-12-20-33(39(3,36)37)26-17-10-11-18-27(26)38-5-2/h6,9-11,13,16-18,23,25H,4-5,7-8,12,14-15,19-21H2,1-3H3,(H,31,35)/t25-/m1/s1. The smallest absolute Gasteiger partial charge is 0.243 e. The molecule has 0 unspecified atom stereocenters. The van der Waals surface area contributed by atoms with Gasteiger partial charge in [-0.3, -0.25) is 13.9 Å². The van der Waals surface area contributed by atoms with E-state index in [0.717, 1.165) is 37.5 Å². The van der Waals surface area contributed by atoms with Gasteiger partial charge in [0.05, 0.1) is 18.6 Å². The van der Waals surface area contributed by atoms with Gasteiger partial charge < -0.3 is 15.0 Å². The monoisotopic (exact) mass is 577 g/mol. The van der Waals surface area contributed by atoms with E-state index in [4.69, 9.17) is 16.3 Å². The molecule has 2 aromatic rings. The number of rotatable bonds is 14. The van der Waals surface area contributed by atoms with Crippen molar-refractivity contribution in [3.8, 4) is 5.75 Å². The second kappa shape index (κ2) is 14.6. The number of amides is 2. The largest absolute Gasteiger partial charge is 0.492 e. The van der Waals surface area contributed by atoms with Crippen molar-refractivity contribution in [2.75, 3.05) is 23.7 Å². The average Bonchev–Trinajstić information content (AvgIpc) is 3.40. The highest BCUT2D eigenvalue weighted by Crippen LogP contribution is 2.30. The molecule has 2 amide bonds. The quantitative estimate of drug-likeness (QED) is 0.335. The van der Waals surface area contributed by atoms with Crippen molar-refractivity contribution in [3.05, 3.63) is 59.1 Å². The third-order valence-corrected chi connectivity index (χ3v) is 8.52. The zero-order chi connectivity index (χ0) is 28.4. The maximum absolute atomic E-state index is 13.6. The fourth-order valence-electron chi connectivity index (χ4n) is 5.02. The van der Waals surface area contributed by atoms with Crippen molar-refractivity contribution in [2.24, 2.45) is 0 Å². The van der Waals surface area contributed by atoms with Crippen molar-refractivity contribution < 1.29 is 22.7 Å². The summed E-state index contributed by atoms with van der Waals surface area (Å²) in [5.74, 6) is 0.0785. The number of halogens is 1. The zero-order valence-electron chi connectivity index (χ0n) is 23.1. The lowest BCUT2D eigenvalue weighted by molar-refractivity contribution is -0.141. The maximum atomic E-state index is 13.6. The first-order valence-corrected chi connectivity index (χ1v) is 15.9. The molecule has 1 aliphatic rings. The molecule has 0 aromatic heterocycles. The molecule has 39 heavy (non-hydrogen) atoms. The Hall–Kier alpha value is -2.78. The van der Waals surface area contributed by atoms with Gasteiger partial charge in [0.15, 0.2) is 0 Å². The molecule has 0 spiro atoms. The fraction of sp³-hybridized carbons (Fsp3) is 0.517. The van der Waals surface area contributed by atoms with Gasteiger partial charge in [0.25, 0.3) is 0 Å². The molecule has 1 fully saturated rings. The van der Waals surface area contributed by atoms with E-state index in [1.165, 1.54) is 4.31 Å². The Bertz CT molecular complexity index is 1220. The van der Waals surface area contributed by atoms with Gasteiger partial charge >= 0.3 is 0 Å². The van der Waals surface area contributed by atoms with Crippen LogP contribution in [0.1, 0.15) is 64.4 Å². The molecule has 1 atom stereocenters. The van der Waals surface area contributed by atoms with E-state index in [2.05, 4.69) is 5.32 Å². The van der Waals surface area contributed by atoms with Crippen LogP contribution in [0.5, 0.6) is 5.75 Å². The first-order chi connectivity index (χ1) is 18.7. The number of nitrogens with one attached hydrogen (secondary N) is 1. The Morgan fingerprint density at radius 1 is 1.08 bits per heavy atom. The molecule has 0 radical (unpaired) electrons. The summed E-state index contributed by atoms with van der Waals surface area (Å²) < 4.78 is 32.3. The lowest BCUT2D eigenvalue weighted by Crippen LogP contribution is -2.51. The summed E-state index contributed by atoms with van der Waals surface area (Å²) in [6, 6.07) is 13.7. The minimum Gasteiger partial charge on any atom is -0.492 e. The molecule has 1 aliphatic carbocycles. The van der Waals surface area contributed by atoms with Crippen LogP contribution in [0.2, 0.25) is 5.02 Å². The molecule has 10 heteroatoms. The van der Waals surface area contributed by atoms with Crippen LogP contribution in [-0.4, -0.2) is 56.6 Å². The van der Waals surface area contributed by atoms with Crippen LogP contribution in [0.25, 0.3) is 0 Å². The lowest BCUT2D eigenvalue weighted by atomic mass is 10.1. The van der Waals surface area contributed by atoms with Crippen LogP contribution in [0.4, 0.5) is 5.69 Å². The molecular weight excluding hydrogens is 538 g/mol. The molecule has 0 saturated heterocycles. The number of ether oxygens (including phenoxy) is 1. The van der Waals surface area contributed by atoms with Crippen molar-refractivity contribution >= 4 is 39.1 Å². The maximum Gasteiger partial charge on any atom is 0.243 e. The van der Waals surface area contributed by atoms with E-state index in [0.29, 0.717) is 29.5 Å². The van der Waals surface area contributed by atoms with Gasteiger partial charge in [-0.05, 0) is 56.4 Å². The third kappa shape index (κ3) is 8.60. The lowest BCUT2D eigenvalue weighted by Gasteiger charge is -2.32. The SMILES string of the molecule is CCOc1ccccc1N(CCCC(=O)N(Cc1ccccc1Cl)[C@H](CC)C(=O)NC1CCCC1)S(C)(=O)=O. The Morgan fingerprint density at radius 3 is 2.38 bits per heavy atom. The molecular formula is C29H40ClN3O5S. The number of carbonyl (C=O) groups excluding carboxylic acids is 2. The summed E-state index contributed by atoms with van der Waals surface area (Å²) >= 11 is 6.42. The molecule has 1 saturated carbocycles. The summed E-state index contributed by atoms with van der Waals surface area (Å²) in [6.07, 6.45) is 6.01. The van der Waals surface area contributed by atoms with Crippen molar-refractivity contribution in [1.82, 2.24) is 10.2 Å². The highest BCUT2D eigenvalue weighted by molar-refractivity contribution is 7.92.